The number of sulfonamides is 1. The smallest absolute Gasteiger partial charge is 0.263 e. The molecule has 1 amide bonds. The summed E-state index contributed by atoms with van der Waals surface area (Å²) >= 11 is 0. The van der Waals surface area contributed by atoms with E-state index in [1.165, 1.54) is 28.3 Å². The van der Waals surface area contributed by atoms with Crippen LogP contribution in [0.2, 0.25) is 0 Å². The zero-order chi connectivity index (χ0) is 24.0. The van der Waals surface area contributed by atoms with Crippen molar-refractivity contribution in [3.8, 4) is 5.75 Å². The van der Waals surface area contributed by atoms with Gasteiger partial charge in [0.25, 0.3) is 5.91 Å². The average Bonchev–Trinajstić information content (AvgIpc) is 2.76. The Balaban J connectivity index is 1.55. The van der Waals surface area contributed by atoms with E-state index in [0.29, 0.717) is 11.4 Å². The standard InChI is InChI=1S/C26H34N2O4S/c1-17(19-11-10-18-8-6-7-9-20(18)14-19)27-25(29)24-16-28(33(5,30)31)22-15-21(26(2,3)4)12-13-23(22)32-24/h10-15,17,24H,6-9,16H2,1-5H3,(H,27,29). The van der Waals surface area contributed by atoms with Crippen LogP contribution in [-0.4, -0.2) is 33.2 Å². The lowest BCUT2D eigenvalue weighted by Gasteiger charge is -2.35. The van der Waals surface area contributed by atoms with Gasteiger partial charge in [0.15, 0.2) is 6.10 Å². The molecule has 178 valence electrons. The minimum atomic E-state index is -3.59. The van der Waals surface area contributed by atoms with E-state index in [4.69, 9.17) is 4.74 Å². The van der Waals surface area contributed by atoms with Gasteiger partial charge in [-0.25, -0.2) is 8.42 Å². The second kappa shape index (κ2) is 8.67. The average molecular weight is 471 g/mol. The van der Waals surface area contributed by atoms with E-state index in [2.05, 4.69) is 44.3 Å². The van der Waals surface area contributed by atoms with Crippen molar-refractivity contribution < 1.29 is 17.9 Å². The molecule has 2 aromatic rings. The van der Waals surface area contributed by atoms with Crippen LogP contribution < -0.4 is 14.4 Å². The zero-order valence-corrected chi connectivity index (χ0v) is 21.0. The molecule has 0 saturated heterocycles. The molecule has 7 heteroatoms. The number of nitrogens with one attached hydrogen (secondary N) is 1. The van der Waals surface area contributed by atoms with E-state index < -0.39 is 16.1 Å². The van der Waals surface area contributed by atoms with Crippen LogP contribution in [0.25, 0.3) is 0 Å². The Morgan fingerprint density at radius 2 is 1.79 bits per heavy atom. The molecule has 1 aliphatic heterocycles. The van der Waals surface area contributed by atoms with Crippen LogP contribution >= 0.6 is 0 Å². The molecule has 2 atom stereocenters. The SMILES string of the molecule is CC(NC(=O)C1CN(S(C)(=O)=O)c2cc(C(C)(C)C)ccc2O1)c1ccc2c(c1)CCCC2. The van der Waals surface area contributed by atoms with E-state index in [1.54, 1.807) is 6.07 Å². The number of ether oxygens (including phenoxy) is 1. The third kappa shape index (κ3) is 5.03. The number of benzene rings is 2. The molecule has 0 aromatic heterocycles. The van der Waals surface area contributed by atoms with Gasteiger partial charge in [0.1, 0.15) is 5.75 Å². The van der Waals surface area contributed by atoms with Crippen molar-refractivity contribution in [2.45, 2.75) is 70.9 Å². The van der Waals surface area contributed by atoms with Crippen LogP contribution in [0.15, 0.2) is 36.4 Å². The lowest BCUT2D eigenvalue weighted by Crippen LogP contribution is -2.50. The summed E-state index contributed by atoms with van der Waals surface area (Å²) < 4.78 is 32.5. The van der Waals surface area contributed by atoms with Crippen LogP contribution in [0.3, 0.4) is 0 Å². The third-order valence-corrected chi connectivity index (χ3v) is 7.77. The van der Waals surface area contributed by atoms with Crippen molar-refractivity contribution in [1.82, 2.24) is 5.32 Å². The molecule has 4 rings (SSSR count). The molecule has 0 fully saturated rings. The highest BCUT2D eigenvalue weighted by atomic mass is 32.2. The normalized spacial score (nSPS) is 19.2. The fourth-order valence-electron chi connectivity index (χ4n) is 4.58. The maximum Gasteiger partial charge on any atom is 0.263 e. The number of hydrogen-bond acceptors (Lipinski definition) is 4. The van der Waals surface area contributed by atoms with E-state index in [1.807, 2.05) is 19.1 Å². The molecule has 33 heavy (non-hydrogen) atoms. The van der Waals surface area contributed by atoms with E-state index in [-0.39, 0.29) is 23.9 Å². The minimum Gasteiger partial charge on any atom is -0.476 e. The van der Waals surface area contributed by atoms with Gasteiger partial charge in [0.05, 0.1) is 24.5 Å². The van der Waals surface area contributed by atoms with Crippen LogP contribution in [0.5, 0.6) is 5.75 Å². The summed E-state index contributed by atoms with van der Waals surface area (Å²) in [6.45, 7) is 8.11. The fourth-order valence-corrected chi connectivity index (χ4v) is 5.49. The first-order valence-electron chi connectivity index (χ1n) is 11.6. The predicted molar refractivity (Wildman–Crippen MR) is 131 cm³/mol. The summed E-state index contributed by atoms with van der Waals surface area (Å²) in [4.78, 5) is 13.1. The number of anilines is 1. The maximum atomic E-state index is 13.1. The Labute approximate surface area is 197 Å². The van der Waals surface area contributed by atoms with Gasteiger partial charge < -0.3 is 10.1 Å². The van der Waals surface area contributed by atoms with E-state index in [9.17, 15) is 13.2 Å². The number of aryl methyl sites for hydroxylation is 2. The number of fused-ring (bicyclic) bond motifs is 2. The molecule has 2 aliphatic rings. The molecule has 0 bridgehead atoms. The van der Waals surface area contributed by atoms with Crippen molar-refractivity contribution in [3.05, 3.63) is 58.7 Å². The maximum absolute atomic E-state index is 13.1. The molecule has 0 saturated carbocycles. The Morgan fingerprint density at radius 1 is 1.09 bits per heavy atom. The molecule has 0 spiro atoms. The Bertz CT molecular complexity index is 1170. The first-order chi connectivity index (χ1) is 15.4. The first kappa shape index (κ1) is 23.6. The molecule has 2 aromatic carbocycles. The highest BCUT2D eigenvalue weighted by Crippen LogP contribution is 2.38. The molecule has 6 nitrogen and oxygen atoms in total. The van der Waals surface area contributed by atoms with E-state index >= 15 is 0 Å². The van der Waals surface area contributed by atoms with Gasteiger partial charge in [-0.2, -0.15) is 0 Å². The largest absolute Gasteiger partial charge is 0.476 e. The summed E-state index contributed by atoms with van der Waals surface area (Å²) in [5.41, 5.74) is 5.15. The van der Waals surface area contributed by atoms with Gasteiger partial charge >= 0.3 is 0 Å². The van der Waals surface area contributed by atoms with Gasteiger partial charge in [0.2, 0.25) is 10.0 Å². The van der Waals surface area contributed by atoms with Crippen LogP contribution in [0, 0.1) is 0 Å². The number of carbonyl (C=O) groups is 1. The van der Waals surface area contributed by atoms with Crippen molar-refractivity contribution in [3.63, 3.8) is 0 Å². The Morgan fingerprint density at radius 3 is 2.45 bits per heavy atom. The molecule has 1 N–H and O–H groups in total. The molecule has 1 aliphatic carbocycles. The lowest BCUT2D eigenvalue weighted by atomic mass is 9.86. The summed E-state index contributed by atoms with van der Waals surface area (Å²) in [6, 6.07) is 11.8. The topological polar surface area (TPSA) is 75.7 Å². The number of nitrogens with zero attached hydrogens (tertiary/aromatic N) is 1. The highest BCUT2D eigenvalue weighted by molar-refractivity contribution is 7.92. The van der Waals surface area contributed by atoms with E-state index in [0.717, 1.165) is 30.2 Å². The van der Waals surface area contributed by atoms with Gasteiger partial charge in [-0.3, -0.25) is 9.10 Å². The lowest BCUT2D eigenvalue weighted by molar-refractivity contribution is -0.128. The predicted octanol–water partition coefficient (Wildman–Crippen LogP) is 4.27. The van der Waals surface area contributed by atoms with Crippen molar-refractivity contribution in [2.24, 2.45) is 0 Å². The number of amides is 1. The van der Waals surface area contributed by atoms with Crippen LogP contribution in [0.4, 0.5) is 5.69 Å². The van der Waals surface area contributed by atoms with Gasteiger partial charge in [-0.1, -0.05) is 45.0 Å². The molecular formula is C26H34N2O4S. The molecule has 2 unspecified atom stereocenters. The summed E-state index contributed by atoms with van der Waals surface area (Å²) in [6.07, 6.45) is 4.86. The summed E-state index contributed by atoms with van der Waals surface area (Å²) in [5, 5.41) is 3.03. The van der Waals surface area contributed by atoms with Crippen molar-refractivity contribution in [2.75, 3.05) is 17.1 Å². The number of hydrogen-bond donors (Lipinski definition) is 1. The number of carbonyl (C=O) groups excluding carboxylic acids is 1. The van der Waals surface area contributed by atoms with Gasteiger partial charge in [-0.15, -0.1) is 0 Å². The highest BCUT2D eigenvalue weighted by Gasteiger charge is 2.36. The molecule has 0 radical (unpaired) electrons. The van der Waals surface area contributed by atoms with Crippen molar-refractivity contribution >= 4 is 21.6 Å². The van der Waals surface area contributed by atoms with Gasteiger partial charge in [0, 0.05) is 0 Å². The minimum absolute atomic E-state index is 0.0534. The monoisotopic (exact) mass is 470 g/mol. The Kier molecular flexibility index (Phi) is 6.20. The Hall–Kier alpha value is -2.54. The van der Waals surface area contributed by atoms with Gasteiger partial charge in [-0.05, 0) is 72.4 Å². The second-order valence-corrected chi connectivity index (χ2v) is 12.2. The number of rotatable bonds is 4. The van der Waals surface area contributed by atoms with Crippen molar-refractivity contribution in [1.29, 1.82) is 0 Å². The molecule has 1 heterocycles. The van der Waals surface area contributed by atoms with Crippen LogP contribution in [0.1, 0.15) is 68.8 Å². The van der Waals surface area contributed by atoms with Crippen LogP contribution in [-0.2, 0) is 33.1 Å². The zero-order valence-electron chi connectivity index (χ0n) is 20.1. The molecular weight excluding hydrogens is 436 g/mol. The first-order valence-corrected chi connectivity index (χ1v) is 13.5. The summed E-state index contributed by atoms with van der Waals surface area (Å²) in [5.74, 6) is 0.0840. The second-order valence-electron chi connectivity index (χ2n) is 10.3. The quantitative estimate of drug-likeness (QED) is 0.724. The summed E-state index contributed by atoms with van der Waals surface area (Å²) in [7, 11) is -3.59. The third-order valence-electron chi connectivity index (χ3n) is 6.62. The fraction of sp³-hybridized carbons (Fsp3) is 0.500.